The second-order valence-electron chi connectivity index (χ2n) is 4.47. The molecule has 4 heteroatoms. The summed E-state index contributed by atoms with van der Waals surface area (Å²) in [6.45, 7) is 5.17. The molecule has 20 heavy (non-hydrogen) atoms. The molecule has 0 aliphatic heterocycles. The molecule has 0 aliphatic carbocycles. The number of ether oxygens (including phenoxy) is 2. The molecule has 0 spiro atoms. The molecule has 1 aromatic carbocycles. The van der Waals surface area contributed by atoms with Gasteiger partial charge >= 0.3 is 0 Å². The number of aromatic nitrogens is 1. The average Bonchev–Trinajstić information content (AvgIpc) is 2.49. The van der Waals surface area contributed by atoms with Crippen LogP contribution in [0, 0.1) is 0 Å². The molecule has 0 saturated heterocycles. The highest BCUT2D eigenvalue weighted by atomic mass is 16.7. The Morgan fingerprint density at radius 2 is 1.80 bits per heavy atom. The lowest BCUT2D eigenvalue weighted by atomic mass is 10.0. The highest BCUT2D eigenvalue weighted by molar-refractivity contribution is 5.82. The molecule has 1 atom stereocenters. The van der Waals surface area contributed by atoms with Crippen molar-refractivity contribution < 1.29 is 9.47 Å². The standard InChI is InChI=1S/C16H22N2O2/c1-4-19-16(20-5-2)15(17-3)13-10-6-8-12-9-7-11-18-14(12)13/h6-11,15-17H,4-5H2,1-3H3. The van der Waals surface area contributed by atoms with Crippen LogP contribution in [0.5, 0.6) is 0 Å². The molecule has 0 bridgehead atoms. The molecule has 108 valence electrons. The number of nitrogens with one attached hydrogen (secondary N) is 1. The summed E-state index contributed by atoms with van der Waals surface area (Å²) in [4.78, 5) is 4.50. The third kappa shape index (κ3) is 3.15. The molecule has 0 radical (unpaired) electrons. The number of hydrogen-bond donors (Lipinski definition) is 1. The van der Waals surface area contributed by atoms with Gasteiger partial charge in [-0.25, -0.2) is 0 Å². The number of para-hydroxylation sites is 1. The van der Waals surface area contributed by atoms with Gasteiger partial charge in [0.25, 0.3) is 0 Å². The largest absolute Gasteiger partial charge is 0.351 e. The van der Waals surface area contributed by atoms with Crippen LogP contribution < -0.4 is 5.32 Å². The Morgan fingerprint density at radius 1 is 1.10 bits per heavy atom. The lowest BCUT2D eigenvalue weighted by molar-refractivity contribution is -0.154. The highest BCUT2D eigenvalue weighted by Crippen LogP contribution is 2.26. The van der Waals surface area contributed by atoms with Gasteiger partial charge in [-0.3, -0.25) is 4.98 Å². The molecular formula is C16H22N2O2. The molecule has 0 aliphatic rings. The summed E-state index contributed by atoms with van der Waals surface area (Å²) in [6.07, 6.45) is 1.50. The number of nitrogens with zero attached hydrogens (tertiary/aromatic N) is 1. The average molecular weight is 274 g/mol. The van der Waals surface area contributed by atoms with Crippen LogP contribution in [0.25, 0.3) is 10.9 Å². The van der Waals surface area contributed by atoms with Crippen molar-refractivity contribution in [3.63, 3.8) is 0 Å². The van der Waals surface area contributed by atoms with E-state index in [1.807, 2.05) is 39.2 Å². The molecule has 0 amide bonds. The number of fused-ring (bicyclic) bond motifs is 1. The van der Waals surface area contributed by atoms with Gasteiger partial charge in [0.15, 0.2) is 6.29 Å². The van der Waals surface area contributed by atoms with E-state index in [9.17, 15) is 0 Å². The van der Waals surface area contributed by atoms with E-state index in [1.54, 1.807) is 0 Å². The first-order chi connectivity index (χ1) is 9.81. The second-order valence-corrected chi connectivity index (χ2v) is 4.47. The van der Waals surface area contributed by atoms with E-state index < -0.39 is 0 Å². The molecular weight excluding hydrogens is 252 g/mol. The van der Waals surface area contributed by atoms with Gasteiger partial charge in [0.05, 0.1) is 11.6 Å². The van der Waals surface area contributed by atoms with Crippen molar-refractivity contribution in [1.29, 1.82) is 0 Å². The molecule has 0 fully saturated rings. The molecule has 1 aromatic heterocycles. The Kier molecular flexibility index (Phi) is 5.47. The molecule has 2 aromatic rings. The van der Waals surface area contributed by atoms with Gasteiger partial charge in [-0.05, 0) is 27.0 Å². The molecule has 1 heterocycles. The van der Waals surface area contributed by atoms with Crippen molar-refractivity contribution in [3.8, 4) is 0 Å². The fourth-order valence-corrected chi connectivity index (χ4v) is 2.39. The quantitative estimate of drug-likeness (QED) is 0.788. The lowest BCUT2D eigenvalue weighted by Gasteiger charge is -2.27. The van der Waals surface area contributed by atoms with E-state index in [-0.39, 0.29) is 12.3 Å². The monoisotopic (exact) mass is 274 g/mol. The summed E-state index contributed by atoms with van der Waals surface area (Å²) in [5, 5.41) is 4.41. The minimum absolute atomic E-state index is 0.0477. The molecule has 1 unspecified atom stereocenters. The minimum Gasteiger partial charge on any atom is -0.351 e. The number of likely N-dealkylation sites (N-methyl/N-ethyl adjacent to an activating group) is 1. The van der Waals surface area contributed by atoms with Gasteiger partial charge in [0.1, 0.15) is 0 Å². The summed E-state index contributed by atoms with van der Waals surface area (Å²) in [5.74, 6) is 0. The van der Waals surface area contributed by atoms with E-state index in [4.69, 9.17) is 9.47 Å². The van der Waals surface area contributed by atoms with Crippen molar-refractivity contribution in [1.82, 2.24) is 10.3 Å². The summed E-state index contributed by atoms with van der Waals surface area (Å²) >= 11 is 0. The van der Waals surface area contributed by atoms with Gasteiger partial charge in [0.2, 0.25) is 0 Å². The first-order valence-electron chi connectivity index (χ1n) is 7.05. The number of pyridine rings is 1. The third-order valence-electron chi connectivity index (χ3n) is 3.24. The highest BCUT2D eigenvalue weighted by Gasteiger charge is 2.24. The van der Waals surface area contributed by atoms with Crippen molar-refractivity contribution >= 4 is 10.9 Å². The Labute approximate surface area is 120 Å². The Balaban J connectivity index is 2.42. The van der Waals surface area contributed by atoms with E-state index >= 15 is 0 Å². The maximum Gasteiger partial charge on any atom is 0.176 e. The van der Waals surface area contributed by atoms with Crippen LogP contribution in [0.15, 0.2) is 36.5 Å². The van der Waals surface area contributed by atoms with Crippen LogP contribution in [-0.2, 0) is 9.47 Å². The van der Waals surface area contributed by atoms with Crippen LogP contribution in [0.4, 0.5) is 0 Å². The third-order valence-corrected chi connectivity index (χ3v) is 3.24. The van der Waals surface area contributed by atoms with Crippen LogP contribution in [0.1, 0.15) is 25.5 Å². The first kappa shape index (κ1) is 14.9. The van der Waals surface area contributed by atoms with E-state index in [0.29, 0.717) is 13.2 Å². The maximum atomic E-state index is 5.73. The maximum absolute atomic E-state index is 5.73. The molecule has 0 saturated carbocycles. The molecule has 1 N–H and O–H groups in total. The van der Waals surface area contributed by atoms with Crippen LogP contribution in [0.2, 0.25) is 0 Å². The van der Waals surface area contributed by atoms with E-state index in [1.165, 1.54) is 0 Å². The fraction of sp³-hybridized carbons (Fsp3) is 0.438. The van der Waals surface area contributed by atoms with Crippen molar-refractivity contribution in [2.45, 2.75) is 26.2 Å². The normalized spacial score (nSPS) is 13.0. The van der Waals surface area contributed by atoms with Crippen molar-refractivity contribution in [3.05, 3.63) is 42.1 Å². The number of benzene rings is 1. The lowest BCUT2D eigenvalue weighted by Crippen LogP contribution is -2.34. The number of hydrogen-bond acceptors (Lipinski definition) is 4. The fourth-order valence-electron chi connectivity index (χ4n) is 2.39. The topological polar surface area (TPSA) is 43.4 Å². The van der Waals surface area contributed by atoms with Gasteiger partial charge in [-0.2, -0.15) is 0 Å². The summed E-state index contributed by atoms with van der Waals surface area (Å²) in [7, 11) is 1.91. The zero-order valence-electron chi connectivity index (χ0n) is 12.3. The number of rotatable bonds is 7. The van der Waals surface area contributed by atoms with E-state index in [2.05, 4.69) is 28.5 Å². The Hall–Kier alpha value is -1.49. The van der Waals surface area contributed by atoms with Crippen molar-refractivity contribution in [2.24, 2.45) is 0 Å². The molecule has 4 nitrogen and oxygen atoms in total. The van der Waals surface area contributed by atoms with Crippen molar-refractivity contribution in [2.75, 3.05) is 20.3 Å². The Bertz CT molecular complexity index is 533. The Morgan fingerprint density at radius 3 is 2.45 bits per heavy atom. The van der Waals surface area contributed by atoms with Gasteiger partial charge in [-0.15, -0.1) is 0 Å². The summed E-state index contributed by atoms with van der Waals surface area (Å²) in [6, 6.07) is 10.1. The minimum atomic E-state index is -0.317. The first-order valence-corrected chi connectivity index (χ1v) is 7.05. The zero-order valence-corrected chi connectivity index (χ0v) is 12.3. The van der Waals surface area contributed by atoms with Gasteiger partial charge in [-0.1, -0.05) is 24.3 Å². The predicted molar refractivity (Wildman–Crippen MR) is 80.6 cm³/mol. The molecule has 2 rings (SSSR count). The van der Waals surface area contributed by atoms with Crippen LogP contribution in [0.3, 0.4) is 0 Å². The summed E-state index contributed by atoms with van der Waals surface area (Å²) in [5.41, 5.74) is 2.08. The summed E-state index contributed by atoms with van der Waals surface area (Å²) < 4.78 is 11.5. The second kappa shape index (κ2) is 7.33. The van der Waals surface area contributed by atoms with Crippen LogP contribution >= 0.6 is 0 Å². The van der Waals surface area contributed by atoms with Gasteiger partial charge in [0, 0.05) is 30.4 Å². The van der Waals surface area contributed by atoms with Gasteiger partial charge < -0.3 is 14.8 Å². The van der Waals surface area contributed by atoms with Crippen LogP contribution in [-0.4, -0.2) is 31.5 Å². The zero-order chi connectivity index (χ0) is 14.4. The predicted octanol–water partition coefficient (Wildman–Crippen LogP) is 2.89. The smallest absolute Gasteiger partial charge is 0.176 e. The van der Waals surface area contributed by atoms with E-state index in [0.717, 1.165) is 16.5 Å². The SMILES string of the molecule is CCOC(OCC)C(NC)c1cccc2cccnc12.